The molecule has 2 N–H and O–H groups in total. The van der Waals surface area contributed by atoms with Gasteiger partial charge in [-0.2, -0.15) is 0 Å². The van der Waals surface area contributed by atoms with Gasteiger partial charge in [0.1, 0.15) is 6.04 Å². The Bertz CT molecular complexity index is 374. The molecular formula is C15H28N2O4. The maximum Gasteiger partial charge on any atom is 0.326 e. The van der Waals surface area contributed by atoms with Crippen molar-refractivity contribution in [1.82, 2.24) is 10.2 Å². The number of nitrogens with zero attached hydrogens (tertiary/aromatic N) is 1. The summed E-state index contributed by atoms with van der Waals surface area (Å²) >= 11 is 0. The summed E-state index contributed by atoms with van der Waals surface area (Å²) in [4.78, 5) is 25.6. The topological polar surface area (TPSA) is 78.9 Å². The van der Waals surface area contributed by atoms with Crippen LogP contribution >= 0.6 is 0 Å². The third kappa shape index (κ3) is 5.19. The van der Waals surface area contributed by atoms with E-state index < -0.39 is 17.4 Å². The Morgan fingerprint density at radius 3 is 2.33 bits per heavy atom. The molecule has 122 valence electrons. The highest BCUT2D eigenvalue weighted by Gasteiger charge is 2.37. The van der Waals surface area contributed by atoms with Crippen molar-refractivity contribution >= 4 is 12.0 Å². The largest absolute Gasteiger partial charge is 0.480 e. The van der Waals surface area contributed by atoms with Crippen molar-refractivity contribution in [2.45, 2.75) is 52.6 Å². The van der Waals surface area contributed by atoms with E-state index in [9.17, 15) is 14.7 Å². The molecule has 1 rings (SSSR count). The predicted molar refractivity (Wildman–Crippen MR) is 80.2 cm³/mol. The van der Waals surface area contributed by atoms with Crippen LogP contribution in [0.3, 0.4) is 0 Å². The van der Waals surface area contributed by atoms with Gasteiger partial charge in [0.05, 0.1) is 6.61 Å². The van der Waals surface area contributed by atoms with E-state index in [1.54, 1.807) is 32.8 Å². The molecule has 0 aromatic carbocycles. The molecule has 1 aliphatic carbocycles. The molecule has 0 bridgehead atoms. The van der Waals surface area contributed by atoms with E-state index >= 15 is 0 Å². The first-order chi connectivity index (χ1) is 9.68. The van der Waals surface area contributed by atoms with Crippen molar-refractivity contribution < 1.29 is 19.4 Å². The van der Waals surface area contributed by atoms with Crippen LogP contribution in [0.4, 0.5) is 4.79 Å². The summed E-state index contributed by atoms with van der Waals surface area (Å²) in [6.07, 6.45) is 2.25. The summed E-state index contributed by atoms with van der Waals surface area (Å²) < 4.78 is 5.05. The zero-order valence-corrected chi connectivity index (χ0v) is 13.7. The number of hydrogen-bond acceptors (Lipinski definition) is 3. The number of hydrogen-bond donors (Lipinski definition) is 2. The number of methoxy groups -OCH3 is 1. The van der Waals surface area contributed by atoms with E-state index in [-0.39, 0.29) is 12.1 Å². The molecule has 1 saturated carbocycles. The van der Waals surface area contributed by atoms with Crippen LogP contribution in [0.1, 0.15) is 40.5 Å². The van der Waals surface area contributed by atoms with Crippen molar-refractivity contribution in [3.63, 3.8) is 0 Å². The smallest absolute Gasteiger partial charge is 0.326 e. The summed E-state index contributed by atoms with van der Waals surface area (Å²) in [7, 11) is 1.59. The van der Waals surface area contributed by atoms with Gasteiger partial charge in [-0.15, -0.1) is 0 Å². The third-order valence-corrected chi connectivity index (χ3v) is 3.97. The number of nitrogens with one attached hydrogen (secondary N) is 1. The summed E-state index contributed by atoms with van der Waals surface area (Å²) in [5, 5.41) is 12.0. The van der Waals surface area contributed by atoms with Crippen LogP contribution in [0.2, 0.25) is 0 Å². The molecule has 2 unspecified atom stereocenters. The third-order valence-electron chi connectivity index (χ3n) is 3.97. The van der Waals surface area contributed by atoms with Crippen molar-refractivity contribution in [1.29, 1.82) is 0 Å². The molecular weight excluding hydrogens is 272 g/mol. The molecule has 1 aliphatic rings. The second-order valence-electron chi connectivity index (χ2n) is 6.85. The van der Waals surface area contributed by atoms with Crippen LogP contribution in [-0.2, 0) is 9.53 Å². The minimum atomic E-state index is -1.01. The summed E-state index contributed by atoms with van der Waals surface area (Å²) in [5.74, 6) is -0.493. The van der Waals surface area contributed by atoms with Crippen LogP contribution in [0, 0.1) is 11.3 Å². The number of carboxylic acid groups (broad SMARTS) is 1. The van der Waals surface area contributed by atoms with Crippen LogP contribution in [0.15, 0.2) is 0 Å². The van der Waals surface area contributed by atoms with Crippen LogP contribution in [0.5, 0.6) is 0 Å². The molecule has 0 heterocycles. The molecule has 0 aromatic heterocycles. The highest BCUT2D eigenvalue weighted by molar-refractivity contribution is 5.83. The number of carboxylic acids is 1. The average molecular weight is 300 g/mol. The number of rotatable bonds is 7. The quantitative estimate of drug-likeness (QED) is 0.753. The van der Waals surface area contributed by atoms with Gasteiger partial charge in [0, 0.05) is 19.7 Å². The lowest BCUT2D eigenvalue weighted by atomic mass is 9.87. The van der Waals surface area contributed by atoms with Gasteiger partial charge in [-0.3, -0.25) is 0 Å². The summed E-state index contributed by atoms with van der Waals surface area (Å²) in [6.45, 7) is 8.33. The first-order valence-corrected chi connectivity index (χ1v) is 7.47. The van der Waals surface area contributed by atoms with Gasteiger partial charge in [-0.25, -0.2) is 9.59 Å². The van der Waals surface area contributed by atoms with Crippen molar-refractivity contribution in [3.05, 3.63) is 0 Å². The maximum absolute atomic E-state index is 12.5. The van der Waals surface area contributed by atoms with Crippen LogP contribution in [0.25, 0.3) is 0 Å². The van der Waals surface area contributed by atoms with Gasteiger partial charge in [0.2, 0.25) is 0 Å². The molecule has 21 heavy (non-hydrogen) atoms. The normalized spacial score (nSPS) is 18.0. The minimum Gasteiger partial charge on any atom is -0.480 e. The molecule has 6 nitrogen and oxygen atoms in total. The lowest BCUT2D eigenvalue weighted by molar-refractivity contribution is -0.142. The number of urea groups is 1. The first-order valence-electron chi connectivity index (χ1n) is 7.47. The van der Waals surface area contributed by atoms with Gasteiger partial charge in [-0.1, -0.05) is 20.8 Å². The van der Waals surface area contributed by atoms with Gasteiger partial charge in [0.25, 0.3) is 0 Å². The number of carbonyl (C=O) groups excluding carboxylic acids is 1. The van der Waals surface area contributed by atoms with E-state index in [0.29, 0.717) is 19.1 Å². The van der Waals surface area contributed by atoms with Gasteiger partial charge in [-0.05, 0) is 31.1 Å². The monoisotopic (exact) mass is 300 g/mol. The zero-order valence-electron chi connectivity index (χ0n) is 13.7. The number of ether oxygens (including phenoxy) is 1. The van der Waals surface area contributed by atoms with E-state index in [1.807, 2.05) is 6.92 Å². The van der Waals surface area contributed by atoms with Crippen molar-refractivity contribution in [2.75, 3.05) is 20.3 Å². The molecule has 0 aromatic rings. The Morgan fingerprint density at radius 1 is 1.38 bits per heavy atom. The molecule has 0 radical (unpaired) electrons. The molecule has 2 amide bonds. The Hall–Kier alpha value is -1.30. The van der Waals surface area contributed by atoms with Crippen LogP contribution < -0.4 is 5.32 Å². The van der Waals surface area contributed by atoms with Gasteiger partial charge in [0.15, 0.2) is 0 Å². The summed E-state index contributed by atoms with van der Waals surface area (Å²) in [6, 6.07) is -1.13. The van der Waals surface area contributed by atoms with E-state index in [4.69, 9.17) is 4.74 Å². The number of aliphatic carboxylic acids is 1. The fourth-order valence-corrected chi connectivity index (χ4v) is 2.37. The standard InChI is InChI=1S/C15H28N2O4/c1-10(11-6-7-11)17(8-9-21-5)14(20)16-12(13(18)19)15(2,3)4/h10-12H,6-9H2,1-5H3,(H,16,20)(H,18,19). The Balaban J connectivity index is 2.76. The zero-order chi connectivity index (χ0) is 16.2. The van der Waals surface area contributed by atoms with Gasteiger partial charge >= 0.3 is 12.0 Å². The molecule has 0 saturated heterocycles. The van der Waals surface area contributed by atoms with E-state index in [2.05, 4.69) is 5.32 Å². The van der Waals surface area contributed by atoms with Crippen LogP contribution in [-0.4, -0.2) is 54.4 Å². The van der Waals surface area contributed by atoms with Crippen molar-refractivity contribution in [2.24, 2.45) is 11.3 Å². The lowest BCUT2D eigenvalue weighted by Gasteiger charge is -2.34. The van der Waals surface area contributed by atoms with Crippen molar-refractivity contribution in [3.8, 4) is 0 Å². The Kier molecular flexibility index (Phi) is 6.01. The fraction of sp³-hybridized carbons (Fsp3) is 0.867. The highest BCUT2D eigenvalue weighted by Crippen LogP contribution is 2.35. The molecule has 6 heteroatoms. The number of amides is 2. The molecule has 2 atom stereocenters. The second kappa shape index (κ2) is 7.11. The molecule has 1 fully saturated rings. The second-order valence-corrected chi connectivity index (χ2v) is 6.85. The lowest BCUT2D eigenvalue weighted by Crippen LogP contribution is -2.55. The highest BCUT2D eigenvalue weighted by atomic mass is 16.5. The predicted octanol–water partition coefficient (Wildman–Crippen LogP) is 1.94. The first kappa shape index (κ1) is 17.8. The average Bonchev–Trinajstić information content (AvgIpc) is 3.18. The Labute approximate surface area is 126 Å². The Morgan fingerprint density at radius 2 is 1.95 bits per heavy atom. The number of carbonyl (C=O) groups is 2. The van der Waals surface area contributed by atoms with E-state index in [0.717, 1.165) is 12.8 Å². The molecule has 0 aliphatic heterocycles. The van der Waals surface area contributed by atoms with E-state index in [1.165, 1.54) is 0 Å². The molecule has 0 spiro atoms. The maximum atomic E-state index is 12.5. The minimum absolute atomic E-state index is 0.106. The SMILES string of the molecule is COCCN(C(=O)NC(C(=O)O)C(C)(C)C)C(C)C1CC1. The summed E-state index contributed by atoms with van der Waals surface area (Å²) in [5.41, 5.74) is -0.544. The fourth-order valence-electron chi connectivity index (χ4n) is 2.37. The van der Waals surface area contributed by atoms with Gasteiger partial charge < -0.3 is 20.1 Å².